The second kappa shape index (κ2) is 7.92. The number of hydrogen-bond donors (Lipinski definition) is 2. The van der Waals surface area contributed by atoms with Crippen molar-refractivity contribution in [2.75, 3.05) is 24.3 Å². The van der Waals surface area contributed by atoms with Gasteiger partial charge < -0.3 is 15.5 Å². The third-order valence-corrected chi connectivity index (χ3v) is 4.42. The summed E-state index contributed by atoms with van der Waals surface area (Å²) in [5.41, 5.74) is 0.608. The fourth-order valence-electron chi connectivity index (χ4n) is 3.00. The van der Waals surface area contributed by atoms with Crippen molar-refractivity contribution in [3.8, 4) is 0 Å². The van der Waals surface area contributed by atoms with E-state index in [0.29, 0.717) is 17.6 Å². The summed E-state index contributed by atoms with van der Waals surface area (Å²) in [5, 5.41) is 6.51. The fourth-order valence-corrected chi connectivity index (χ4v) is 3.00. The van der Waals surface area contributed by atoms with E-state index in [0.717, 1.165) is 31.5 Å². The van der Waals surface area contributed by atoms with Crippen LogP contribution in [0.2, 0.25) is 0 Å². The number of amides is 1. The summed E-state index contributed by atoms with van der Waals surface area (Å²) in [5.74, 6) is 1.50. The largest absolute Gasteiger partial charge is 0.363 e. The van der Waals surface area contributed by atoms with Gasteiger partial charge in [-0.15, -0.1) is 0 Å². The molecule has 0 aliphatic heterocycles. The Hall–Kier alpha value is -2.70. The van der Waals surface area contributed by atoms with Crippen LogP contribution in [0.25, 0.3) is 0 Å². The number of nitrogens with one attached hydrogen (secondary N) is 2. The molecule has 1 saturated carbocycles. The van der Waals surface area contributed by atoms with Crippen LogP contribution in [-0.4, -0.2) is 47.0 Å². The molecular weight excluding hydrogens is 316 g/mol. The van der Waals surface area contributed by atoms with Gasteiger partial charge in [0.05, 0.1) is 5.56 Å². The first-order valence-electron chi connectivity index (χ1n) is 8.59. The highest BCUT2D eigenvalue weighted by Gasteiger charge is 2.23. The van der Waals surface area contributed by atoms with Crippen LogP contribution >= 0.6 is 0 Å². The zero-order chi connectivity index (χ0) is 17.6. The van der Waals surface area contributed by atoms with Gasteiger partial charge in [0.2, 0.25) is 5.95 Å². The summed E-state index contributed by atoms with van der Waals surface area (Å²) in [6.45, 7) is 0. The Kier molecular flexibility index (Phi) is 5.42. The Labute approximate surface area is 147 Å². The molecule has 0 bridgehead atoms. The second-order valence-electron chi connectivity index (χ2n) is 6.54. The third-order valence-electron chi connectivity index (χ3n) is 4.42. The van der Waals surface area contributed by atoms with E-state index in [9.17, 15) is 4.79 Å². The molecule has 2 aromatic rings. The molecule has 1 aliphatic rings. The van der Waals surface area contributed by atoms with Crippen LogP contribution in [0.5, 0.6) is 0 Å². The SMILES string of the molecule is CN(C)c1ccnc(NC2CCC(NC(=O)c3cccnc3)CC2)n1. The molecule has 0 atom stereocenters. The predicted octanol–water partition coefficient (Wildman–Crippen LogP) is 2.09. The number of carbonyl (C=O) groups excluding carboxylic acids is 1. The summed E-state index contributed by atoms with van der Waals surface area (Å²) < 4.78 is 0. The molecule has 0 radical (unpaired) electrons. The van der Waals surface area contributed by atoms with Crippen LogP contribution in [0.4, 0.5) is 11.8 Å². The number of pyridine rings is 1. The van der Waals surface area contributed by atoms with Crippen LogP contribution in [-0.2, 0) is 0 Å². The molecule has 2 heterocycles. The van der Waals surface area contributed by atoms with E-state index in [1.54, 1.807) is 30.7 Å². The van der Waals surface area contributed by atoms with E-state index < -0.39 is 0 Å². The van der Waals surface area contributed by atoms with Crippen LogP contribution in [0.1, 0.15) is 36.0 Å². The lowest BCUT2D eigenvalue weighted by atomic mass is 9.91. The molecule has 3 rings (SSSR count). The Balaban J connectivity index is 1.49. The van der Waals surface area contributed by atoms with Gasteiger partial charge in [0.25, 0.3) is 5.91 Å². The van der Waals surface area contributed by atoms with Crippen molar-refractivity contribution < 1.29 is 4.79 Å². The van der Waals surface area contributed by atoms with Crippen molar-refractivity contribution in [1.82, 2.24) is 20.3 Å². The number of hydrogen-bond acceptors (Lipinski definition) is 6. The van der Waals surface area contributed by atoms with Crippen LogP contribution in [0.15, 0.2) is 36.8 Å². The molecule has 1 amide bonds. The van der Waals surface area contributed by atoms with E-state index in [-0.39, 0.29) is 11.9 Å². The van der Waals surface area contributed by atoms with Gasteiger partial charge in [0, 0.05) is 44.8 Å². The van der Waals surface area contributed by atoms with Crippen molar-refractivity contribution in [1.29, 1.82) is 0 Å². The van der Waals surface area contributed by atoms with Gasteiger partial charge in [-0.1, -0.05) is 0 Å². The summed E-state index contributed by atoms with van der Waals surface area (Å²) in [7, 11) is 3.92. The first-order valence-corrected chi connectivity index (χ1v) is 8.59. The lowest BCUT2D eigenvalue weighted by Crippen LogP contribution is -2.40. The van der Waals surface area contributed by atoms with Crippen LogP contribution < -0.4 is 15.5 Å². The normalized spacial score (nSPS) is 19.9. The average molecular weight is 340 g/mol. The predicted molar refractivity (Wildman–Crippen MR) is 97.7 cm³/mol. The summed E-state index contributed by atoms with van der Waals surface area (Å²) in [4.78, 5) is 26.9. The first-order chi connectivity index (χ1) is 12.1. The van der Waals surface area contributed by atoms with Gasteiger partial charge in [0.15, 0.2) is 0 Å². The Morgan fingerprint density at radius 2 is 1.88 bits per heavy atom. The van der Waals surface area contributed by atoms with Gasteiger partial charge in [0.1, 0.15) is 5.82 Å². The standard InChI is InChI=1S/C18H24N6O/c1-24(2)16-9-11-20-18(23-16)22-15-7-5-14(6-8-15)21-17(25)13-4-3-10-19-12-13/h3-4,9-12,14-15H,5-8H2,1-2H3,(H,21,25)(H,20,22,23). The highest BCUT2D eigenvalue weighted by atomic mass is 16.1. The molecule has 1 fully saturated rings. The monoisotopic (exact) mass is 340 g/mol. The Morgan fingerprint density at radius 1 is 1.12 bits per heavy atom. The number of nitrogens with zero attached hydrogens (tertiary/aromatic N) is 4. The topological polar surface area (TPSA) is 83.0 Å². The van der Waals surface area contributed by atoms with Crippen molar-refractivity contribution in [3.63, 3.8) is 0 Å². The maximum atomic E-state index is 12.2. The smallest absolute Gasteiger partial charge is 0.253 e. The molecule has 7 heteroatoms. The van der Waals surface area contributed by atoms with Crippen molar-refractivity contribution in [2.45, 2.75) is 37.8 Å². The molecule has 0 saturated heterocycles. The lowest BCUT2D eigenvalue weighted by molar-refractivity contribution is 0.0926. The van der Waals surface area contributed by atoms with Crippen LogP contribution in [0, 0.1) is 0 Å². The van der Waals surface area contributed by atoms with Crippen molar-refractivity contribution >= 4 is 17.7 Å². The number of anilines is 2. The number of carbonyl (C=O) groups is 1. The molecule has 25 heavy (non-hydrogen) atoms. The number of aromatic nitrogens is 3. The van der Waals surface area contributed by atoms with Gasteiger partial charge >= 0.3 is 0 Å². The molecule has 0 aromatic carbocycles. The summed E-state index contributed by atoms with van der Waals surface area (Å²) in [6, 6.07) is 5.99. The minimum atomic E-state index is -0.0495. The Bertz CT molecular complexity index is 698. The quantitative estimate of drug-likeness (QED) is 0.867. The zero-order valence-electron chi connectivity index (χ0n) is 14.6. The van der Waals surface area contributed by atoms with Crippen LogP contribution in [0.3, 0.4) is 0 Å². The minimum absolute atomic E-state index is 0.0495. The summed E-state index contributed by atoms with van der Waals surface area (Å²) >= 11 is 0. The maximum absolute atomic E-state index is 12.2. The third kappa shape index (κ3) is 4.65. The highest BCUT2D eigenvalue weighted by Crippen LogP contribution is 2.22. The molecular formula is C18H24N6O. The number of rotatable bonds is 5. The van der Waals surface area contributed by atoms with E-state index >= 15 is 0 Å². The van der Waals surface area contributed by atoms with Gasteiger partial charge in [-0.2, -0.15) is 4.98 Å². The molecule has 1 aliphatic carbocycles. The van der Waals surface area contributed by atoms with Gasteiger partial charge in [-0.05, 0) is 43.9 Å². The van der Waals surface area contributed by atoms with Gasteiger partial charge in [-0.3, -0.25) is 9.78 Å². The first kappa shape index (κ1) is 17.1. The Morgan fingerprint density at radius 3 is 2.56 bits per heavy atom. The van der Waals surface area contributed by atoms with E-state index in [4.69, 9.17) is 0 Å². The van der Waals surface area contributed by atoms with Gasteiger partial charge in [-0.25, -0.2) is 4.98 Å². The van der Waals surface area contributed by atoms with E-state index in [2.05, 4.69) is 25.6 Å². The summed E-state index contributed by atoms with van der Waals surface area (Å²) in [6.07, 6.45) is 8.87. The maximum Gasteiger partial charge on any atom is 0.253 e. The van der Waals surface area contributed by atoms with Crippen molar-refractivity contribution in [2.24, 2.45) is 0 Å². The lowest BCUT2D eigenvalue weighted by Gasteiger charge is -2.29. The zero-order valence-corrected chi connectivity index (χ0v) is 14.6. The molecule has 132 valence electrons. The molecule has 7 nitrogen and oxygen atoms in total. The van der Waals surface area contributed by atoms with E-state index in [1.807, 2.05) is 25.1 Å². The molecule has 2 N–H and O–H groups in total. The molecule has 0 spiro atoms. The molecule has 0 unspecified atom stereocenters. The van der Waals surface area contributed by atoms with Crippen molar-refractivity contribution in [3.05, 3.63) is 42.4 Å². The fraction of sp³-hybridized carbons (Fsp3) is 0.444. The minimum Gasteiger partial charge on any atom is -0.363 e. The highest BCUT2D eigenvalue weighted by molar-refractivity contribution is 5.94. The average Bonchev–Trinajstić information content (AvgIpc) is 2.64. The molecule has 2 aromatic heterocycles. The van der Waals surface area contributed by atoms with E-state index in [1.165, 1.54) is 0 Å². The second-order valence-corrected chi connectivity index (χ2v) is 6.54.